The van der Waals surface area contributed by atoms with Crippen molar-refractivity contribution in [3.05, 3.63) is 21.4 Å². The molecule has 2 aliphatic carbocycles. The Kier molecular flexibility index (Phi) is 5.36. The minimum absolute atomic E-state index is 0.512. The van der Waals surface area contributed by atoms with E-state index in [9.17, 15) is 0 Å². The van der Waals surface area contributed by atoms with E-state index in [2.05, 4.69) is 41.6 Å². The third kappa shape index (κ3) is 3.88. The molecule has 3 heteroatoms. The highest BCUT2D eigenvalue weighted by Crippen LogP contribution is 2.32. The number of hydrogen-bond donors (Lipinski definition) is 1. The fourth-order valence-electron chi connectivity index (χ4n) is 3.81. The lowest BCUT2D eigenvalue weighted by molar-refractivity contribution is 0.243. The number of nitrogens with one attached hydrogen (secondary N) is 1. The third-order valence-electron chi connectivity index (χ3n) is 5.31. The van der Waals surface area contributed by atoms with Gasteiger partial charge in [0.25, 0.3) is 0 Å². The highest BCUT2D eigenvalue weighted by atomic mass is 32.1. The quantitative estimate of drug-likeness (QED) is 0.849. The Morgan fingerprint density at radius 3 is 2.76 bits per heavy atom. The van der Waals surface area contributed by atoms with E-state index in [4.69, 9.17) is 0 Å². The standard InChI is InChI=1S/C18H30N2S/c1-14(18-13-15-7-3-6-10-17(15)21-18)19-11-12-20(2)16-8-4-5-9-16/h13-14,16,19H,3-12H2,1-2H3. The summed E-state index contributed by atoms with van der Waals surface area (Å²) in [7, 11) is 2.30. The Morgan fingerprint density at radius 1 is 1.24 bits per heavy atom. The topological polar surface area (TPSA) is 15.3 Å². The van der Waals surface area contributed by atoms with Crippen LogP contribution in [0.1, 0.15) is 66.8 Å². The van der Waals surface area contributed by atoms with Gasteiger partial charge >= 0.3 is 0 Å². The molecule has 1 fully saturated rings. The smallest absolute Gasteiger partial charge is 0.0386 e. The van der Waals surface area contributed by atoms with E-state index >= 15 is 0 Å². The van der Waals surface area contributed by atoms with Gasteiger partial charge in [0, 0.05) is 34.9 Å². The lowest BCUT2D eigenvalue weighted by atomic mass is 9.99. The van der Waals surface area contributed by atoms with Crippen LogP contribution in [0.4, 0.5) is 0 Å². The third-order valence-corrected chi connectivity index (χ3v) is 6.73. The van der Waals surface area contributed by atoms with Crippen molar-refractivity contribution < 1.29 is 0 Å². The van der Waals surface area contributed by atoms with Crippen molar-refractivity contribution in [3.8, 4) is 0 Å². The van der Waals surface area contributed by atoms with Gasteiger partial charge in [-0.2, -0.15) is 0 Å². The second-order valence-corrected chi connectivity index (χ2v) is 8.07. The van der Waals surface area contributed by atoms with Crippen LogP contribution in [0, 0.1) is 0 Å². The summed E-state index contributed by atoms with van der Waals surface area (Å²) in [5.74, 6) is 0. The van der Waals surface area contributed by atoms with Gasteiger partial charge in [0.2, 0.25) is 0 Å². The van der Waals surface area contributed by atoms with E-state index in [1.165, 1.54) is 57.9 Å². The van der Waals surface area contributed by atoms with Crippen molar-refractivity contribution in [2.24, 2.45) is 0 Å². The van der Waals surface area contributed by atoms with Crippen LogP contribution in [0.2, 0.25) is 0 Å². The van der Waals surface area contributed by atoms with E-state index in [1.54, 1.807) is 15.3 Å². The van der Waals surface area contributed by atoms with Crippen molar-refractivity contribution in [1.29, 1.82) is 0 Å². The van der Waals surface area contributed by atoms with Crippen LogP contribution < -0.4 is 5.32 Å². The first-order valence-corrected chi connectivity index (χ1v) is 9.61. The Morgan fingerprint density at radius 2 is 2.00 bits per heavy atom. The molecule has 1 aromatic rings. The van der Waals surface area contributed by atoms with Crippen molar-refractivity contribution in [2.45, 2.75) is 70.4 Å². The molecule has 0 spiro atoms. The number of thiophene rings is 1. The van der Waals surface area contributed by atoms with Gasteiger partial charge in [-0.25, -0.2) is 0 Å². The van der Waals surface area contributed by atoms with Crippen LogP contribution in [0.5, 0.6) is 0 Å². The maximum absolute atomic E-state index is 3.73. The molecule has 0 amide bonds. The van der Waals surface area contributed by atoms with Gasteiger partial charge in [-0.3, -0.25) is 0 Å². The SMILES string of the molecule is CC(NCCN(C)C1CCCC1)c1cc2c(s1)CCCC2. The largest absolute Gasteiger partial charge is 0.308 e. The Labute approximate surface area is 133 Å². The summed E-state index contributed by atoms with van der Waals surface area (Å²) in [6.45, 7) is 4.61. The summed E-state index contributed by atoms with van der Waals surface area (Å²) in [4.78, 5) is 5.77. The van der Waals surface area contributed by atoms with Crippen LogP contribution in [0.25, 0.3) is 0 Å². The van der Waals surface area contributed by atoms with Crippen LogP contribution in [0.3, 0.4) is 0 Å². The molecular weight excluding hydrogens is 276 g/mol. The summed E-state index contributed by atoms with van der Waals surface area (Å²) in [6.07, 6.45) is 11.1. The molecule has 1 unspecified atom stereocenters. The molecule has 2 aliphatic rings. The number of nitrogens with zero attached hydrogens (tertiary/aromatic N) is 1. The molecule has 118 valence electrons. The van der Waals surface area contributed by atoms with Crippen LogP contribution >= 0.6 is 11.3 Å². The molecule has 1 saturated carbocycles. The van der Waals surface area contributed by atoms with Gasteiger partial charge in [-0.05, 0) is 64.1 Å². The van der Waals surface area contributed by atoms with Crippen LogP contribution in [0.15, 0.2) is 6.07 Å². The molecule has 2 nitrogen and oxygen atoms in total. The first-order valence-electron chi connectivity index (χ1n) is 8.79. The van der Waals surface area contributed by atoms with E-state index in [-0.39, 0.29) is 0 Å². The van der Waals surface area contributed by atoms with E-state index < -0.39 is 0 Å². The van der Waals surface area contributed by atoms with Gasteiger partial charge in [0.05, 0.1) is 0 Å². The molecule has 21 heavy (non-hydrogen) atoms. The fraction of sp³-hybridized carbons (Fsp3) is 0.778. The molecule has 1 aromatic heterocycles. The Bertz CT molecular complexity index is 425. The maximum Gasteiger partial charge on any atom is 0.0386 e. The van der Waals surface area contributed by atoms with E-state index in [0.29, 0.717) is 6.04 Å². The first-order chi connectivity index (χ1) is 10.2. The molecular formula is C18H30N2S. The predicted molar refractivity (Wildman–Crippen MR) is 92.3 cm³/mol. The Hall–Kier alpha value is -0.380. The average Bonchev–Trinajstić information content (AvgIpc) is 3.16. The summed E-state index contributed by atoms with van der Waals surface area (Å²) in [6, 6.07) is 3.83. The molecule has 1 atom stereocenters. The maximum atomic E-state index is 3.73. The van der Waals surface area contributed by atoms with Gasteiger partial charge in [0.1, 0.15) is 0 Å². The normalized spacial score (nSPS) is 20.9. The molecule has 0 aliphatic heterocycles. The van der Waals surface area contributed by atoms with Crippen LogP contribution in [-0.2, 0) is 12.8 Å². The zero-order chi connectivity index (χ0) is 14.7. The van der Waals surface area contributed by atoms with Crippen molar-refractivity contribution >= 4 is 11.3 Å². The lowest BCUT2D eigenvalue weighted by Gasteiger charge is -2.24. The van der Waals surface area contributed by atoms with Gasteiger partial charge in [-0.15, -0.1) is 11.3 Å². The average molecular weight is 307 g/mol. The predicted octanol–water partition coefficient (Wildman–Crippen LogP) is 4.15. The van der Waals surface area contributed by atoms with Gasteiger partial charge < -0.3 is 10.2 Å². The number of aryl methyl sites for hydroxylation is 2. The molecule has 3 rings (SSSR count). The number of likely N-dealkylation sites (N-methyl/N-ethyl adjacent to an activating group) is 1. The molecule has 0 saturated heterocycles. The van der Waals surface area contributed by atoms with E-state index in [0.717, 1.165) is 12.6 Å². The van der Waals surface area contributed by atoms with Crippen LogP contribution in [-0.4, -0.2) is 31.1 Å². The minimum Gasteiger partial charge on any atom is -0.308 e. The summed E-state index contributed by atoms with van der Waals surface area (Å²) in [5, 5.41) is 3.73. The fourth-order valence-corrected chi connectivity index (χ4v) is 5.10. The second-order valence-electron chi connectivity index (χ2n) is 6.90. The number of hydrogen-bond acceptors (Lipinski definition) is 3. The molecule has 0 bridgehead atoms. The molecule has 0 aromatic carbocycles. The summed E-state index contributed by atoms with van der Waals surface area (Å²) < 4.78 is 0. The highest BCUT2D eigenvalue weighted by Gasteiger charge is 2.20. The first kappa shape index (κ1) is 15.5. The van der Waals surface area contributed by atoms with Crippen molar-refractivity contribution in [1.82, 2.24) is 10.2 Å². The van der Waals surface area contributed by atoms with Gasteiger partial charge in [0.15, 0.2) is 0 Å². The molecule has 0 radical (unpaired) electrons. The summed E-state index contributed by atoms with van der Waals surface area (Å²) in [5.41, 5.74) is 1.64. The Balaban J connectivity index is 1.45. The monoisotopic (exact) mass is 306 g/mol. The second kappa shape index (κ2) is 7.26. The number of fused-ring (bicyclic) bond motifs is 1. The summed E-state index contributed by atoms with van der Waals surface area (Å²) >= 11 is 2.05. The van der Waals surface area contributed by atoms with Crippen molar-refractivity contribution in [2.75, 3.05) is 20.1 Å². The molecule has 1 heterocycles. The lowest BCUT2D eigenvalue weighted by Crippen LogP contribution is -2.36. The highest BCUT2D eigenvalue weighted by molar-refractivity contribution is 7.12. The van der Waals surface area contributed by atoms with E-state index in [1.807, 2.05) is 0 Å². The van der Waals surface area contributed by atoms with Crippen molar-refractivity contribution in [3.63, 3.8) is 0 Å². The zero-order valence-electron chi connectivity index (χ0n) is 13.7. The zero-order valence-corrected chi connectivity index (χ0v) is 14.5. The molecule has 1 N–H and O–H groups in total. The minimum atomic E-state index is 0.512. The number of rotatable bonds is 6. The van der Waals surface area contributed by atoms with Gasteiger partial charge in [-0.1, -0.05) is 12.8 Å².